The van der Waals surface area contributed by atoms with E-state index in [1.807, 2.05) is 30.3 Å². The standard InChI is InChI=1S/C16H19Cl2NO3/c1-10(20)22-12-8-9-16(2,14(18)13(12)17)15(21)19-11-6-4-3-5-7-11/h3-7,12-14H,8-9H2,1-2H3,(H,19,21). The summed E-state index contributed by atoms with van der Waals surface area (Å²) < 4.78 is 5.18. The SMILES string of the molecule is CC(=O)OC1CCC(C)(C(=O)Nc2ccccc2)C(Cl)C1Cl. The number of carbonyl (C=O) groups excluding carboxylic acids is 2. The number of para-hydroxylation sites is 1. The number of hydrogen-bond acceptors (Lipinski definition) is 3. The monoisotopic (exact) mass is 343 g/mol. The minimum atomic E-state index is -0.819. The predicted octanol–water partition coefficient (Wildman–Crippen LogP) is 3.57. The van der Waals surface area contributed by atoms with Crippen LogP contribution in [0.25, 0.3) is 0 Å². The van der Waals surface area contributed by atoms with Gasteiger partial charge in [-0.05, 0) is 31.9 Å². The van der Waals surface area contributed by atoms with Gasteiger partial charge in [-0.1, -0.05) is 18.2 Å². The van der Waals surface area contributed by atoms with Crippen molar-refractivity contribution in [2.24, 2.45) is 5.41 Å². The highest BCUT2D eigenvalue weighted by Crippen LogP contribution is 2.43. The molecule has 4 unspecified atom stereocenters. The lowest BCUT2D eigenvalue weighted by Gasteiger charge is -2.42. The molecule has 4 atom stereocenters. The smallest absolute Gasteiger partial charge is 0.302 e. The molecule has 1 fully saturated rings. The van der Waals surface area contributed by atoms with Gasteiger partial charge in [-0.2, -0.15) is 0 Å². The van der Waals surface area contributed by atoms with Crippen molar-refractivity contribution in [1.82, 2.24) is 0 Å². The van der Waals surface area contributed by atoms with Gasteiger partial charge in [0.25, 0.3) is 0 Å². The van der Waals surface area contributed by atoms with Crippen LogP contribution in [0.5, 0.6) is 0 Å². The molecule has 22 heavy (non-hydrogen) atoms. The minimum absolute atomic E-state index is 0.175. The van der Waals surface area contributed by atoms with Crippen LogP contribution < -0.4 is 5.32 Å². The molecule has 1 saturated carbocycles. The third kappa shape index (κ3) is 3.55. The molecule has 1 amide bonds. The van der Waals surface area contributed by atoms with Gasteiger partial charge in [-0.15, -0.1) is 23.2 Å². The van der Waals surface area contributed by atoms with Gasteiger partial charge in [0.05, 0.1) is 16.2 Å². The van der Waals surface area contributed by atoms with E-state index >= 15 is 0 Å². The maximum Gasteiger partial charge on any atom is 0.302 e. The summed E-state index contributed by atoms with van der Waals surface area (Å²) in [5.74, 6) is -0.567. The van der Waals surface area contributed by atoms with Gasteiger partial charge >= 0.3 is 5.97 Å². The van der Waals surface area contributed by atoms with Crippen LogP contribution in [0.1, 0.15) is 26.7 Å². The lowest BCUT2D eigenvalue weighted by Crippen LogP contribution is -2.53. The molecule has 1 N–H and O–H groups in total. The highest BCUT2D eigenvalue weighted by atomic mass is 35.5. The second kappa shape index (κ2) is 6.88. The van der Waals surface area contributed by atoms with Gasteiger partial charge in [-0.3, -0.25) is 9.59 Å². The molecule has 0 aliphatic heterocycles. The van der Waals surface area contributed by atoms with E-state index in [1.165, 1.54) is 6.92 Å². The van der Waals surface area contributed by atoms with E-state index in [0.29, 0.717) is 18.5 Å². The molecule has 6 heteroatoms. The molecule has 1 aromatic carbocycles. The third-order valence-electron chi connectivity index (χ3n) is 4.06. The molecule has 1 aliphatic carbocycles. The second-order valence-corrected chi connectivity index (χ2v) is 6.74. The van der Waals surface area contributed by atoms with E-state index in [1.54, 1.807) is 6.92 Å². The summed E-state index contributed by atoms with van der Waals surface area (Å²) in [4.78, 5) is 23.7. The first-order valence-electron chi connectivity index (χ1n) is 7.16. The van der Waals surface area contributed by atoms with E-state index in [0.717, 1.165) is 0 Å². The number of rotatable bonds is 3. The summed E-state index contributed by atoms with van der Waals surface area (Å²) in [6.07, 6.45) is 0.552. The van der Waals surface area contributed by atoms with Gasteiger partial charge in [0, 0.05) is 12.6 Å². The summed E-state index contributed by atoms with van der Waals surface area (Å²) in [6, 6.07) is 9.19. The van der Waals surface area contributed by atoms with E-state index in [4.69, 9.17) is 27.9 Å². The van der Waals surface area contributed by atoms with Crippen molar-refractivity contribution in [3.63, 3.8) is 0 Å². The van der Waals surface area contributed by atoms with Gasteiger partial charge < -0.3 is 10.1 Å². The zero-order chi connectivity index (χ0) is 16.3. The second-order valence-electron chi connectivity index (χ2n) is 5.77. The summed E-state index contributed by atoms with van der Waals surface area (Å²) >= 11 is 12.7. The van der Waals surface area contributed by atoms with E-state index in [2.05, 4.69) is 5.32 Å². The number of benzene rings is 1. The number of amides is 1. The Hall–Kier alpha value is -1.26. The Morgan fingerprint density at radius 2 is 1.91 bits per heavy atom. The van der Waals surface area contributed by atoms with Crippen LogP contribution in [-0.4, -0.2) is 28.7 Å². The van der Waals surface area contributed by atoms with Gasteiger partial charge in [-0.25, -0.2) is 0 Å². The molecule has 0 heterocycles. The van der Waals surface area contributed by atoms with E-state index < -0.39 is 28.2 Å². The Bertz CT molecular complexity index is 552. The van der Waals surface area contributed by atoms with Crippen LogP contribution in [0.4, 0.5) is 5.69 Å². The lowest BCUT2D eigenvalue weighted by atomic mass is 9.73. The summed E-state index contributed by atoms with van der Waals surface area (Å²) in [7, 11) is 0. The number of esters is 1. The topological polar surface area (TPSA) is 55.4 Å². The Morgan fingerprint density at radius 3 is 2.50 bits per heavy atom. The van der Waals surface area contributed by atoms with Gasteiger partial charge in [0.15, 0.2) is 0 Å². The number of anilines is 1. The number of ether oxygens (including phenoxy) is 1. The number of carbonyl (C=O) groups is 2. The minimum Gasteiger partial charge on any atom is -0.461 e. The van der Waals surface area contributed by atoms with Gasteiger partial charge in [0.2, 0.25) is 5.91 Å². The largest absolute Gasteiger partial charge is 0.461 e. The van der Waals surface area contributed by atoms with Crippen LogP contribution in [-0.2, 0) is 14.3 Å². The summed E-state index contributed by atoms with van der Waals surface area (Å²) in [5, 5.41) is 1.63. The Labute approximate surface area is 140 Å². The zero-order valence-corrected chi connectivity index (χ0v) is 14.0. The number of halogens is 2. The molecule has 0 aromatic heterocycles. The van der Waals surface area contributed by atoms with Crippen molar-refractivity contribution < 1.29 is 14.3 Å². The highest BCUT2D eigenvalue weighted by Gasteiger charge is 2.50. The van der Waals surface area contributed by atoms with Crippen molar-refractivity contribution in [2.75, 3.05) is 5.32 Å². The highest BCUT2D eigenvalue weighted by molar-refractivity contribution is 6.32. The number of alkyl halides is 2. The van der Waals surface area contributed by atoms with Crippen LogP contribution in [0.2, 0.25) is 0 Å². The first-order valence-corrected chi connectivity index (χ1v) is 8.04. The van der Waals surface area contributed by atoms with Crippen LogP contribution in [0, 0.1) is 5.41 Å². The summed E-state index contributed by atoms with van der Waals surface area (Å²) in [6.45, 7) is 3.13. The zero-order valence-electron chi connectivity index (χ0n) is 12.5. The van der Waals surface area contributed by atoms with Crippen molar-refractivity contribution >= 4 is 40.8 Å². The Kier molecular flexibility index (Phi) is 5.35. The molecule has 0 bridgehead atoms. The van der Waals surface area contributed by atoms with Crippen LogP contribution in [0.3, 0.4) is 0 Å². The average Bonchev–Trinajstić information content (AvgIpc) is 2.49. The van der Waals surface area contributed by atoms with Crippen molar-refractivity contribution in [1.29, 1.82) is 0 Å². The molecular formula is C16H19Cl2NO3. The fraction of sp³-hybridized carbons (Fsp3) is 0.500. The Balaban J connectivity index is 2.10. The number of hydrogen-bond donors (Lipinski definition) is 1. The maximum absolute atomic E-state index is 12.6. The third-order valence-corrected chi connectivity index (χ3v) is 5.47. The van der Waals surface area contributed by atoms with Crippen molar-refractivity contribution in [3.8, 4) is 0 Å². The molecule has 0 saturated heterocycles. The van der Waals surface area contributed by atoms with Crippen molar-refractivity contribution in [2.45, 2.75) is 43.5 Å². The molecule has 0 radical (unpaired) electrons. The van der Waals surface area contributed by atoms with E-state index in [9.17, 15) is 9.59 Å². The van der Waals surface area contributed by atoms with E-state index in [-0.39, 0.29) is 5.91 Å². The molecular weight excluding hydrogens is 325 g/mol. The molecule has 0 spiro atoms. The lowest BCUT2D eigenvalue weighted by molar-refractivity contribution is -0.149. The summed E-state index contributed by atoms with van der Waals surface area (Å²) in [5.41, 5.74) is -0.105. The fourth-order valence-electron chi connectivity index (χ4n) is 2.65. The van der Waals surface area contributed by atoms with Crippen LogP contribution in [0.15, 0.2) is 30.3 Å². The molecule has 1 aromatic rings. The Morgan fingerprint density at radius 1 is 1.27 bits per heavy atom. The van der Waals surface area contributed by atoms with Crippen molar-refractivity contribution in [3.05, 3.63) is 30.3 Å². The average molecular weight is 344 g/mol. The normalized spacial score (nSPS) is 31.4. The maximum atomic E-state index is 12.6. The molecule has 1 aliphatic rings. The molecule has 4 nitrogen and oxygen atoms in total. The fourth-order valence-corrected chi connectivity index (χ4v) is 3.48. The number of nitrogens with one attached hydrogen (secondary N) is 1. The molecule has 2 rings (SSSR count). The van der Waals surface area contributed by atoms with Gasteiger partial charge in [0.1, 0.15) is 6.10 Å². The first kappa shape index (κ1) is 17.1. The molecule has 120 valence electrons. The first-order chi connectivity index (χ1) is 10.3. The van der Waals surface area contributed by atoms with Crippen LogP contribution >= 0.6 is 23.2 Å². The predicted molar refractivity (Wildman–Crippen MR) is 87.2 cm³/mol. The quantitative estimate of drug-likeness (QED) is 0.674.